The van der Waals surface area contributed by atoms with E-state index in [0.29, 0.717) is 22.3 Å². The lowest BCUT2D eigenvalue weighted by Crippen LogP contribution is -2.20. The van der Waals surface area contributed by atoms with E-state index in [0.717, 1.165) is 11.1 Å². The van der Waals surface area contributed by atoms with Crippen LogP contribution in [0.3, 0.4) is 0 Å². The molecule has 2 aromatic rings. The van der Waals surface area contributed by atoms with E-state index in [2.05, 4.69) is 0 Å². The third kappa shape index (κ3) is 10.0. The molecule has 0 aliphatic heterocycles. The van der Waals surface area contributed by atoms with Crippen molar-refractivity contribution in [2.75, 3.05) is 0 Å². The Labute approximate surface area is 250 Å². The number of rotatable bonds is 6. The summed E-state index contributed by atoms with van der Waals surface area (Å²) in [6.07, 6.45) is 0.0602. The lowest BCUT2D eigenvalue weighted by molar-refractivity contribution is 0.278. The number of benzene rings is 2. The molecule has 2 rings (SSSR count). The summed E-state index contributed by atoms with van der Waals surface area (Å²) in [5.74, 6) is 0.119. The van der Waals surface area contributed by atoms with Crippen molar-refractivity contribution in [3.05, 3.63) is 57.6 Å². The van der Waals surface area contributed by atoms with E-state index < -0.39 is 26.5 Å². The van der Waals surface area contributed by atoms with Crippen molar-refractivity contribution in [3.8, 4) is 11.5 Å². The van der Waals surface area contributed by atoms with Crippen molar-refractivity contribution in [1.82, 2.24) is 0 Å². The van der Waals surface area contributed by atoms with E-state index in [1.165, 1.54) is 0 Å². The predicted molar refractivity (Wildman–Crippen MR) is 166 cm³/mol. The maximum absolute atomic E-state index is 12.1. The van der Waals surface area contributed by atoms with Crippen molar-refractivity contribution in [2.24, 2.45) is 0 Å². The molecule has 4 N–H and O–H groups in total. The lowest BCUT2D eigenvalue weighted by Gasteiger charge is -2.31. The average Bonchev–Trinajstić information content (AvgIpc) is 2.64. The van der Waals surface area contributed by atoms with Crippen molar-refractivity contribution >= 4 is 33.0 Å². The van der Waals surface area contributed by atoms with Gasteiger partial charge in [-0.3, -0.25) is 19.6 Å². The van der Waals surface area contributed by atoms with Gasteiger partial charge in [0.1, 0.15) is 11.5 Å². The van der Waals surface area contributed by atoms with Crippen LogP contribution in [0.5, 0.6) is 11.5 Å². The largest absolute Gasteiger partial charge is 0.524 e. The van der Waals surface area contributed by atoms with Crippen molar-refractivity contribution in [1.29, 1.82) is 0 Å². The van der Waals surface area contributed by atoms with Crippen molar-refractivity contribution in [3.63, 3.8) is 0 Å². The molecule has 0 bridgehead atoms. The van der Waals surface area contributed by atoms with Crippen LogP contribution in [0.2, 0.25) is 0 Å². The van der Waals surface area contributed by atoms with Gasteiger partial charge in [0.05, 0.1) is 0 Å². The Morgan fingerprint density at radius 2 is 0.825 bits per heavy atom. The summed E-state index contributed by atoms with van der Waals surface area (Å²) in [4.78, 5) is 39.4. The van der Waals surface area contributed by atoms with Gasteiger partial charge in [-0.2, -0.15) is 0 Å². The van der Waals surface area contributed by atoms with Gasteiger partial charge in [-0.25, -0.2) is 9.13 Å². The summed E-state index contributed by atoms with van der Waals surface area (Å²) in [7, 11) is -9.89. The molecule has 2 aromatic carbocycles. The number of phosphoric ester groups is 2. The SMILES string of the molecule is CC(C)(C)c1cc(Cc2cc(C(C)(C)C)cc(C(C)(C)C)c2OP(=O)(O)O)c(OP(=O)(O)O)c(C(C)(C)C)c1.[AlH3]. The van der Waals surface area contributed by atoms with Gasteiger partial charge in [-0.15, -0.1) is 0 Å². The van der Waals surface area contributed by atoms with Crippen LogP contribution in [0.1, 0.15) is 116 Å². The fourth-order valence-corrected chi connectivity index (χ4v) is 5.19. The number of phosphoric acid groups is 2. The highest BCUT2D eigenvalue weighted by atomic mass is 31.2. The molecule has 0 atom stereocenters. The van der Waals surface area contributed by atoms with Gasteiger partial charge in [0, 0.05) is 17.5 Å². The van der Waals surface area contributed by atoms with E-state index in [1.807, 2.05) is 107 Å². The summed E-state index contributed by atoms with van der Waals surface area (Å²) >= 11 is 0. The molecule has 0 saturated carbocycles. The second-order valence-corrected chi connectivity index (χ2v) is 16.7. The zero-order chi connectivity index (χ0) is 30.6. The van der Waals surface area contributed by atoms with Crippen LogP contribution in [0.15, 0.2) is 24.3 Å². The minimum atomic E-state index is -4.94. The summed E-state index contributed by atoms with van der Waals surface area (Å²) in [6.45, 7) is 23.9. The number of hydrogen-bond acceptors (Lipinski definition) is 4. The Hall–Kier alpha value is -1.13. The van der Waals surface area contributed by atoms with Crippen LogP contribution in [-0.4, -0.2) is 36.9 Å². The van der Waals surface area contributed by atoms with E-state index >= 15 is 0 Å². The molecule has 0 fully saturated rings. The Kier molecular flexibility index (Phi) is 10.9. The quantitative estimate of drug-likeness (QED) is 0.223. The molecule has 0 amide bonds. The number of hydrogen-bond donors (Lipinski definition) is 4. The highest BCUT2D eigenvalue weighted by Gasteiger charge is 2.33. The third-order valence-corrected chi connectivity index (χ3v) is 7.32. The molecule has 0 unspecified atom stereocenters. The first kappa shape index (κ1) is 36.9. The Bertz CT molecular complexity index is 1210. The monoisotopic (exact) mass is 614 g/mol. The van der Waals surface area contributed by atoms with Gasteiger partial charge in [0.2, 0.25) is 0 Å². The standard InChI is InChI=1S/C29H46O8P2.Al.3H/c1-26(2,3)20-14-18(24(36-38(30,31)32)22(16-20)28(7,8)9)13-19-15-21(27(4,5)6)17-23(29(10,11)12)25(19)37-39(33,34)35;;;;/h14-17H,13H2,1-12H3,(H2,30,31,32)(H2,33,34,35);;;;. The highest BCUT2D eigenvalue weighted by Crippen LogP contribution is 2.50. The predicted octanol–water partition coefficient (Wildman–Crippen LogP) is 6.23. The molecular weight excluding hydrogens is 565 g/mol. The fourth-order valence-electron chi connectivity index (χ4n) is 4.28. The van der Waals surface area contributed by atoms with E-state index in [4.69, 9.17) is 9.05 Å². The molecule has 0 aromatic heterocycles. The highest BCUT2D eigenvalue weighted by molar-refractivity contribution is 7.47. The van der Waals surface area contributed by atoms with E-state index in [-0.39, 0.29) is 46.1 Å². The topological polar surface area (TPSA) is 134 Å². The molecule has 226 valence electrons. The molecular formula is C29H49AlO8P2. The molecule has 0 radical (unpaired) electrons. The van der Waals surface area contributed by atoms with Crippen LogP contribution in [0.4, 0.5) is 0 Å². The van der Waals surface area contributed by atoms with Crippen molar-refractivity contribution in [2.45, 2.75) is 111 Å². The zero-order valence-corrected chi connectivity index (χ0v) is 27.1. The van der Waals surface area contributed by atoms with Crippen LogP contribution >= 0.6 is 15.6 Å². The second kappa shape index (κ2) is 11.9. The molecule has 40 heavy (non-hydrogen) atoms. The molecule has 0 heterocycles. The average molecular weight is 615 g/mol. The summed E-state index contributed by atoms with van der Waals surface area (Å²) in [6, 6.07) is 7.52. The molecule has 0 aliphatic rings. The van der Waals surface area contributed by atoms with Crippen LogP contribution in [-0.2, 0) is 37.2 Å². The minimum Gasteiger partial charge on any atom is -0.404 e. The maximum atomic E-state index is 12.1. The second-order valence-electron chi connectivity index (χ2n) is 14.4. The Morgan fingerprint density at radius 1 is 0.550 bits per heavy atom. The maximum Gasteiger partial charge on any atom is 0.524 e. The molecule has 0 aliphatic carbocycles. The smallest absolute Gasteiger partial charge is 0.404 e. The summed E-state index contributed by atoms with van der Waals surface area (Å²) in [5.41, 5.74) is 2.40. The molecule has 8 nitrogen and oxygen atoms in total. The van der Waals surface area contributed by atoms with Gasteiger partial charge in [0.15, 0.2) is 17.4 Å². The van der Waals surface area contributed by atoms with Gasteiger partial charge >= 0.3 is 15.6 Å². The summed E-state index contributed by atoms with van der Waals surface area (Å²) in [5, 5.41) is 0. The molecule has 0 saturated heterocycles. The van der Waals surface area contributed by atoms with Gasteiger partial charge in [-0.1, -0.05) is 107 Å². The fraction of sp³-hybridized carbons (Fsp3) is 0.586. The van der Waals surface area contributed by atoms with E-state index in [9.17, 15) is 28.7 Å². The first-order chi connectivity index (χ1) is 17.1. The van der Waals surface area contributed by atoms with Crippen LogP contribution in [0.25, 0.3) is 0 Å². The van der Waals surface area contributed by atoms with Crippen LogP contribution in [0, 0.1) is 0 Å². The van der Waals surface area contributed by atoms with Gasteiger partial charge in [-0.05, 0) is 43.9 Å². The van der Waals surface area contributed by atoms with Crippen LogP contribution < -0.4 is 9.05 Å². The lowest BCUT2D eigenvalue weighted by atomic mass is 9.76. The van der Waals surface area contributed by atoms with Gasteiger partial charge < -0.3 is 9.05 Å². The van der Waals surface area contributed by atoms with Crippen molar-refractivity contribution < 1.29 is 37.8 Å². The zero-order valence-electron chi connectivity index (χ0n) is 25.3. The molecule has 11 heteroatoms. The normalized spacial score (nSPS) is 13.6. The molecule has 0 spiro atoms. The summed E-state index contributed by atoms with van der Waals surface area (Å²) < 4.78 is 35.0. The Balaban J connectivity index is 0.00000800. The van der Waals surface area contributed by atoms with E-state index in [1.54, 1.807) is 0 Å². The first-order valence-electron chi connectivity index (χ1n) is 13.0. The first-order valence-corrected chi connectivity index (χ1v) is 16.0. The van der Waals surface area contributed by atoms with Gasteiger partial charge in [0.25, 0.3) is 0 Å². The third-order valence-electron chi connectivity index (χ3n) is 6.48. The minimum absolute atomic E-state index is 0. The Morgan fingerprint density at radius 3 is 1.02 bits per heavy atom.